The topological polar surface area (TPSA) is 84.0 Å². The second-order valence-electron chi connectivity index (χ2n) is 8.19. The number of amides is 1. The molecule has 0 saturated carbocycles. The molecular formula is C24H30N2O5S. The van der Waals surface area contributed by atoms with Gasteiger partial charge in [-0.2, -0.15) is 4.31 Å². The van der Waals surface area contributed by atoms with Crippen molar-refractivity contribution in [3.63, 3.8) is 0 Å². The van der Waals surface area contributed by atoms with E-state index in [1.165, 1.54) is 4.31 Å². The lowest BCUT2D eigenvalue weighted by Gasteiger charge is -2.34. The standard InChI is InChI=1S/C24H30N2O5S/c1-18-4-11-23(19(2)16-18)32(29,30)26-14-12-25(13-15-26)24(28)17-31-22-9-7-21(8-10-22)6-5-20(3)27/h4,7-11,16H,5-6,12-15,17H2,1-3H3. The molecule has 0 radical (unpaired) electrons. The monoisotopic (exact) mass is 458 g/mol. The van der Waals surface area contributed by atoms with Gasteiger partial charge in [-0.3, -0.25) is 4.79 Å². The molecule has 172 valence electrons. The van der Waals surface area contributed by atoms with E-state index in [9.17, 15) is 18.0 Å². The molecule has 0 N–H and O–H groups in total. The van der Waals surface area contributed by atoms with Gasteiger partial charge >= 0.3 is 0 Å². The lowest BCUT2D eigenvalue weighted by atomic mass is 10.1. The first-order chi connectivity index (χ1) is 15.2. The first-order valence-electron chi connectivity index (χ1n) is 10.7. The van der Waals surface area contributed by atoms with Crippen LogP contribution in [0.2, 0.25) is 0 Å². The Hall–Kier alpha value is -2.71. The average molecular weight is 459 g/mol. The molecule has 1 heterocycles. The van der Waals surface area contributed by atoms with Crippen LogP contribution in [0.1, 0.15) is 30.0 Å². The van der Waals surface area contributed by atoms with Gasteiger partial charge in [-0.05, 0) is 56.5 Å². The minimum atomic E-state index is -3.59. The summed E-state index contributed by atoms with van der Waals surface area (Å²) in [6.45, 7) is 6.37. The highest BCUT2D eigenvalue weighted by Gasteiger charge is 2.31. The largest absolute Gasteiger partial charge is 0.484 e. The molecule has 1 aliphatic heterocycles. The summed E-state index contributed by atoms with van der Waals surface area (Å²) in [5.74, 6) is 0.563. The van der Waals surface area contributed by atoms with Crippen molar-refractivity contribution in [2.75, 3.05) is 32.8 Å². The predicted octanol–water partition coefficient (Wildman–Crippen LogP) is 2.74. The number of hydrogen-bond donors (Lipinski definition) is 0. The minimum absolute atomic E-state index is 0.101. The Morgan fingerprint density at radius 2 is 1.62 bits per heavy atom. The van der Waals surface area contributed by atoms with Crippen LogP contribution in [0.15, 0.2) is 47.4 Å². The summed E-state index contributed by atoms with van der Waals surface area (Å²) < 4.78 is 33.0. The van der Waals surface area contributed by atoms with E-state index in [2.05, 4.69) is 0 Å². The van der Waals surface area contributed by atoms with Gasteiger partial charge in [0, 0.05) is 32.6 Å². The quantitative estimate of drug-likeness (QED) is 0.607. The Bertz CT molecular complexity index is 1070. The summed E-state index contributed by atoms with van der Waals surface area (Å²) in [6.07, 6.45) is 1.19. The molecule has 0 aromatic heterocycles. The number of Topliss-reactive ketones (excluding diaryl/α,β-unsaturated/α-hetero) is 1. The Kier molecular flexibility index (Phi) is 7.69. The van der Waals surface area contributed by atoms with Crippen molar-refractivity contribution in [1.82, 2.24) is 9.21 Å². The van der Waals surface area contributed by atoms with Crippen LogP contribution in [-0.4, -0.2) is 62.1 Å². The second-order valence-corrected chi connectivity index (χ2v) is 10.1. The average Bonchev–Trinajstić information content (AvgIpc) is 2.76. The predicted molar refractivity (Wildman–Crippen MR) is 122 cm³/mol. The summed E-state index contributed by atoms with van der Waals surface area (Å²) in [6, 6.07) is 12.7. The van der Waals surface area contributed by atoms with Crippen LogP contribution in [0.4, 0.5) is 0 Å². The van der Waals surface area contributed by atoms with Gasteiger partial charge in [-0.1, -0.05) is 29.8 Å². The van der Waals surface area contributed by atoms with Gasteiger partial charge in [-0.25, -0.2) is 8.42 Å². The van der Waals surface area contributed by atoms with Gasteiger partial charge < -0.3 is 14.4 Å². The van der Waals surface area contributed by atoms with Gasteiger partial charge in [0.2, 0.25) is 10.0 Å². The van der Waals surface area contributed by atoms with Crippen molar-refractivity contribution < 1.29 is 22.7 Å². The highest BCUT2D eigenvalue weighted by Crippen LogP contribution is 2.22. The maximum atomic E-state index is 13.0. The number of hydrogen-bond acceptors (Lipinski definition) is 5. The minimum Gasteiger partial charge on any atom is -0.484 e. The number of ketones is 1. The smallest absolute Gasteiger partial charge is 0.260 e. The Morgan fingerprint density at radius 1 is 0.969 bits per heavy atom. The van der Waals surface area contributed by atoms with E-state index in [0.29, 0.717) is 36.6 Å². The molecule has 0 bridgehead atoms. The Labute approximate surface area is 190 Å². The van der Waals surface area contributed by atoms with E-state index in [1.807, 2.05) is 25.1 Å². The zero-order valence-corrected chi connectivity index (χ0v) is 19.7. The van der Waals surface area contributed by atoms with Crippen molar-refractivity contribution >= 4 is 21.7 Å². The van der Waals surface area contributed by atoms with Crippen molar-refractivity contribution in [3.05, 3.63) is 59.2 Å². The third-order valence-electron chi connectivity index (χ3n) is 5.59. The summed E-state index contributed by atoms with van der Waals surface area (Å²) >= 11 is 0. The molecule has 0 aliphatic carbocycles. The summed E-state index contributed by atoms with van der Waals surface area (Å²) in [4.78, 5) is 25.6. The third kappa shape index (κ3) is 5.95. The van der Waals surface area contributed by atoms with E-state index in [-0.39, 0.29) is 31.4 Å². The number of nitrogens with zero attached hydrogens (tertiary/aromatic N) is 2. The molecule has 2 aromatic carbocycles. The van der Waals surface area contributed by atoms with E-state index < -0.39 is 10.0 Å². The molecule has 0 atom stereocenters. The van der Waals surface area contributed by atoms with Crippen LogP contribution in [0.25, 0.3) is 0 Å². The van der Waals surface area contributed by atoms with Crippen LogP contribution in [0.3, 0.4) is 0 Å². The zero-order valence-electron chi connectivity index (χ0n) is 18.8. The van der Waals surface area contributed by atoms with E-state index in [0.717, 1.165) is 16.7 Å². The zero-order chi connectivity index (χ0) is 23.3. The number of aryl methyl sites for hydroxylation is 3. The third-order valence-corrected chi connectivity index (χ3v) is 7.65. The maximum absolute atomic E-state index is 13.0. The first kappa shape index (κ1) is 23.9. The molecule has 8 heteroatoms. The van der Waals surface area contributed by atoms with E-state index >= 15 is 0 Å². The van der Waals surface area contributed by atoms with Crippen LogP contribution < -0.4 is 4.74 Å². The molecule has 0 unspecified atom stereocenters. The SMILES string of the molecule is CC(=O)CCc1ccc(OCC(=O)N2CCN(S(=O)(=O)c3ccc(C)cc3C)CC2)cc1. The summed E-state index contributed by atoms with van der Waals surface area (Å²) in [5.41, 5.74) is 2.78. The fourth-order valence-electron chi connectivity index (χ4n) is 3.71. The fraction of sp³-hybridized carbons (Fsp3) is 0.417. The second kappa shape index (κ2) is 10.3. The van der Waals surface area contributed by atoms with Crippen LogP contribution in [0.5, 0.6) is 5.75 Å². The summed E-state index contributed by atoms with van der Waals surface area (Å²) in [7, 11) is -3.59. The molecule has 32 heavy (non-hydrogen) atoms. The lowest BCUT2D eigenvalue weighted by Crippen LogP contribution is -2.51. The first-order valence-corrected chi connectivity index (χ1v) is 12.2. The van der Waals surface area contributed by atoms with Crippen LogP contribution in [0, 0.1) is 13.8 Å². The molecular weight excluding hydrogens is 428 g/mol. The number of benzene rings is 2. The number of piperazine rings is 1. The fourth-order valence-corrected chi connectivity index (χ4v) is 5.34. The van der Waals surface area contributed by atoms with E-state index in [1.54, 1.807) is 43.0 Å². The molecule has 2 aromatic rings. The number of carbonyl (C=O) groups excluding carboxylic acids is 2. The van der Waals surface area contributed by atoms with Crippen LogP contribution >= 0.6 is 0 Å². The van der Waals surface area contributed by atoms with Crippen molar-refractivity contribution in [2.24, 2.45) is 0 Å². The van der Waals surface area contributed by atoms with E-state index in [4.69, 9.17) is 4.74 Å². The molecule has 0 spiro atoms. The van der Waals surface area contributed by atoms with Gasteiger partial charge in [0.05, 0.1) is 4.90 Å². The highest BCUT2D eigenvalue weighted by molar-refractivity contribution is 7.89. The lowest BCUT2D eigenvalue weighted by molar-refractivity contribution is -0.134. The molecule has 1 fully saturated rings. The van der Waals surface area contributed by atoms with Crippen molar-refractivity contribution in [1.29, 1.82) is 0 Å². The molecule has 1 amide bonds. The normalized spacial score (nSPS) is 14.9. The van der Waals surface area contributed by atoms with Gasteiger partial charge in [0.25, 0.3) is 5.91 Å². The Morgan fingerprint density at radius 3 is 2.22 bits per heavy atom. The Balaban J connectivity index is 1.50. The van der Waals surface area contributed by atoms with Gasteiger partial charge in [-0.15, -0.1) is 0 Å². The maximum Gasteiger partial charge on any atom is 0.260 e. The number of rotatable bonds is 8. The summed E-state index contributed by atoms with van der Waals surface area (Å²) in [5, 5.41) is 0. The molecule has 7 nitrogen and oxygen atoms in total. The van der Waals surface area contributed by atoms with Crippen molar-refractivity contribution in [2.45, 2.75) is 38.5 Å². The molecule has 3 rings (SSSR count). The molecule has 1 aliphatic rings. The molecule has 1 saturated heterocycles. The van der Waals surface area contributed by atoms with Crippen molar-refractivity contribution in [3.8, 4) is 5.75 Å². The van der Waals surface area contributed by atoms with Gasteiger partial charge in [0.15, 0.2) is 6.61 Å². The highest BCUT2D eigenvalue weighted by atomic mass is 32.2. The number of ether oxygens (including phenoxy) is 1. The number of sulfonamides is 1. The van der Waals surface area contributed by atoms with Gasteiger partial charge in [0.1, 0.15) is 11.5 Å². The van der Waals surface area contributed by atoms with Crippen LogP contribution in [-0.2, 0) is 26.0 Å². The number of carbonyl (C=O) groups is 2.